The van der Waals surface area contributed by atoms with Crippen LogP contribution in [0.3, 0.4) is 0 Å². The Balaban J connectivity index is 2.10. The van der Waals surface area contributed by atoms with Gasteiger partial charge in [0.1, 0.15) is 11.7 Å². The third kappa shape index (κ3) is 3.10. The van der Waals surface area contributed by atoms with Crippen molar-refractivity contribution in [2.75, 3.05) is 19.0 Å². The van der Waals surface area contributed by atoms with E-state index in [4.69, 9.17) is 10.1 Å². The first-order valence-electron chi connectivity index (χ1n) is 8.49. The van der Waals surface area contributed by atoms with Crippen molar-refractivity contribution in [3.05, 3.63) is 59.2 Å². The zero-order valence-corrected chi connectivity index (χ0v) is 15.1. The van der Waals surface area contributed by atoms with Gasteiger partial charge in [0.05, 0.1) is 6.07 Å². The maximum Gasteiger partial charge on any atom is 0.205 e. The van der Waals surface area contributed by atoms with E-state index in [0.717, 1.165) is 16.8 Å². The molecule has 1 aliphatic rings. The number of rotatable bonds is 3. The Kier molecular flexibility index (Phi) is 4.50. The van der Waals surface area contributed by atoms with E-state index in [1.54, 1.807) is 0 Å². The summed E-state index contributed by atoms with van der Waals surface area (Å²) in [7, 11) is 3.94. The average molecular weight is 333 g/mol. The number of nitriles is 1. The van der Waals surface area contributed by atoms with Crippen molar-refractivity contribution < 1.29 is 4.74 Å². The van der Waals surface area contributed by atoms with Crippen molar-refractivity contribution in [2.24, 2.45) is 5.92 Å². The summed E-state index contributed by atoms with van der Waals surface area (Å²) >= 11 is 0. The molecule has 0 saturated carbocycles. The van der Waals surface area contributed by atoms with E-state index >= 15 is 0 Å². The Morgan fingerprint density at radius 3 is 2.36 bits per heavy atom. The smallest absolute Gasteiger partial charge is 0.205 e. The van der Waals surface area contributed by atoms with Crippen molar-refractivity contribution >= 4 is 11.6 Å². The van der Waals surface area contributed by atoms with Crippen LogP contribution in [0, 0.1) is 22.7 Å². The Morgan fingerprint density at radius 1 is 1.12 bits per heavy atom. The van der Waals surface area contributed by atoms with Gasteiger partial charge >= 0.3 is 0 Å². The zero-order chi connectivity index (χ0) is 18.1. The molecule has 0 bridgehead atoms. The van der Waals surface area contributed by atoms with Crippen LogP contribution in [-0.2, 0) is 0 Å². The van der Waals surface area contributed by atoms with Crippen LogP contribution in [0.2, 0.25) is 0 Å². The second-order valence-electron chi connectivity index (χ2n) is 6.99. The lowest BCUT2D eigenvalue weighted by molar-refractivity contribution is 0.450. The van der Waals surface area contributed by atoms with Gasteiger partial charge in [-0.25, -0.2) is 0 Å². The minimum Gasteiger partial charge on any atom is -0.442 e. The van der Waals surface area contributed by atoms with E-state index in [0.29, 0.717) is 11.7 Å². The summed E-state index contributed by atoms with van der Waals surface area (Å²) in [5.74, 6) is 0.356. The summed E-state index contributed by atoms with van der Waals surface area (Å²) in [5, 5.41) is 17.8. The average Bonchev–Trinajstić information content (AvgIpc) is 2.60. The number of nitrogens with one attached hydrogen (secondary N) is 1. The van der Waals surface area contributed by atoms with Gasteiger partial charge in [0.15, 0.2) is 0 Å². The van der Waals surface area contributed by atoms with E-state index in [9.17, 15) is 5.26 Å². The fraction of sp³-hybridized carbons (Fsp3) is 0.333. The van der Waals surface area contributed by atoms with Crippen molar-refractivity contribution in [1.29, 1.82) is 10.7 Å². The van der Waals surface area contributed by atoms with Crippen molar-refractivity contribution in [3.8, 4) is 11.8 Å². The molecular formula is C21H23N3O. The number of nitrogens with zero attached hydrogens (tertiary/aromatic N) is 2. The molecule has 0 fully saturated rings. The van der Waals surface area contributed by atoms with Crippen LogP contribution in [-0.4, -0.2) is 20.0 Å². The predicted molar refractivity (Wildman–Crippen MR) is 101 cm³/mol. The van der Waals surface area contributed by atoms with Gasteiger partial charge in [-0.15, -0.1) is 0 Å². The highest BCUT2D eigenvalue weighted by Gasteiger charge is 2.37. The first-order valence-corrected chi connectivity index (χ1v) is 8.49. The van der Waals surface area contributed by atoms with Crippen LogP contribution in [0.4, 0.5) is 5.69 Å². The monoisotopic (exact) mass is 333 g/mol. The van der Waals surface area contributed by atoms with Gasteiger partial charge in [-0.3, -0.25) is 5.41 Å². The Morgan fingerprint density at radius 2 is 1.80 bits per heavy atom. The highest BCUT2D eigenvalue weighted by atomic mass is 16.5. The number of anilines is 1. The molecule has 1 N–H and O–H groups in total. The van der Waals surface area contributed by atoms with Crippen molar-refractivity contribution in [3.63, 3.8) is 0 Å². The first-order chi connectivity index (χ1) is 11.9. The van der Waals surface area contributed by atoms with Crippen LogP contribution >= 0.6 is 0 Å². The second kappa shape index (κ2) is 6.60. The minimum atomic E-state index is -0.609. The summed E-state index contributed by atoms with van der Waals surface area (Å²) in [6, 6.07) is 16.6. The Bertz CT molecular complexity index is 831. The molecule has 2 aromatic rings. The molecule has 128 valence electrons. The summed E-state index contributed by atoms with van der Waals surface area (Å²) in [5.41, 5.74) is 4.28. The molecule has 0 amide bonds. The molecule has 2 unspecified atom stereocenters. The number of hydrogen-bond donors (Lipinski definition) is 1. The van der Waals surface area contributed by atoms with E-state index in [2.05, 4.69) is 44.2 Å². The minimum absolute atomic E-state index is 0.0174. The predicted octanol–water partition coefficient (Wildman–Crippen LogP) is 4.52. The lowest BCUT2D eigenvalue weighted by Crippen LogP contribution is -2.31. The topological polar surface area (TPSA) is 60.1 Å². The molecule has 25 heavy (non-hydrogen) atoms. The van der Waals surface area contributed by atoms with Gasteiger partial charge < -0.3 is 9.64 Å². The van der Waals surface area contributed by atoms with Gasteiger partial charge in [-0.05, 0) is 23.1 Å². The fourth-order valence-corrected chi connectivity index (χ4v) is 3.25. The van der Waals surface area contributed by atoms with Crippen LogP contribution in [0.1, 0.15) is 42.4 Å². The zero-order valence-electron chi connectivity index (χ0n) is 15.1. The van der Waals surface area contributed by atoms with E-state index in [1.165, 1.54) is 5.56 Å². The normalized spacial score (nSPS) is 19.1. The molecule has 0 aliphatic carbocycles. The molecular weight excluding hydrogens is 310 g/mol. The lowest BCUT2D eigenvalue weighted by atomic mass is 9.78. The van der Waals surface area contributed by atoms with Crippen LogP contribution in [0.15, 0.2) is 42.5 Å². The molecule has 2 atom stereocenters. The third-order valence-electron chi connectivity index (χ3n) is 4.79. The SMILES string of the molecule is CC(C)c1ccc(C2c3ccc(N(C)C)cc3OC(=N)C2C#N)cc1. The molecule has 0 saturated heterocycles. The maximum atomic E-state index is 9.63. The molecule has 0 radical (unpaired) electrons. The van der Waals surface area contributed by atoms with Gasteiger partial charge in [-0.1, -0.05) is 44.2 Å². The summed E-state index contributed by atoms with van der Waals surface area (Å²) < 4.78 is 5.67. The Hall–Kier alpha value is -2.80. The van der Waals surface area contributed by atoms with Crippen molar-refractivity contribution in [2.45, 2.75) is 25.7 Å². The maximum absolute atomic E-state index is 9.63. The molecule has 0 aromatic heterocycles. The van der Waals surface area contributed by atoms with Crippen LogP contribution < -0.4 is 9.64 Å². The number of benzene rings is 2. The van der Waals surface area contributed by atoms with Gasteiger partial charge in [0, 0.05) is 37.3 Å². The molecule has 4 nitrogen and oxygen atoms in total. The summed E-state index contributed by atoms with van der Waals surface area (Å²) in [6.07, 6.45) is 0. The molecule has 4 heteroatoms. The highest BCUT2D eigenvalue weighted by molar-refractivity contribution is 5.85. The van der Waals surface area contributed by atoms with Crippen LogP contribution in [0.25, 0.3) is 0 Å². The third-order valence-corrected chi connectivity index (χ3v) is 4.79. The second-order valence-corrected chi connectivity index (χ2v) is 6.99. The standard InChI is InChI=1S/C21H23N3O/c1-13(2)14-5-7-15(8-6-14)20-17-10-9-16(24(3)4)11-19(17)25-21(23)18(20)12-22/h5-11,13,18,20,23H,1-4H3. The first kappa shape index (κ1) is 17.0. The molecule has 0 spiro atoms. The molecule has 3 rings (SSSR count). The molecule has 2 aromatic carbocycles. The number of fused-ring (bicyclic) bond motifs is 1. The quantitative estimate of drug-likeness (QED) is 0.898. The van der Waals surface area contributed by atoms with E-state index in [1.807, 2.05) is 37.2 Å². The lowest BCUT2D eigenvalue weighted by Gasteiger charge is -2.31. The number of ether oxygens (including phenoxy) is 1. The molecule has 1 heterocycles. The van der Waals surface area contributed by atoms with Gasteiger partial charge in [0.2, 0.25) is 5.90 Å². The van der Waals surface area contributed by atoms with E-state index < -0.39 is 5.92 Å². The van der Waals surface area contributed by atoms with E-state index in [-0.39, 0.29) is 11.8 Å². The molecule has 1 aliphatic heterocycles. The van der Waals surface area contributed by atoms with Crippen LogP contribution in [0.5, 0.6) is 5.75 Å². The van der Waals surface area contributed by atoms with Crippen molar-refractivity contribution in [1.82, 2.24) is 0 Å². The Labute approximate surface area is 149 Å². The summed E-state index contributed by atoms with van der Waals surface area (Å²) in [6.45, 7) is 4.32. The van der Waals surface area contributed by atoms with Gasteiger partial charge in [-0.2, -0.15) is 5.26 Å². The highest BCUT2D eigenvalue weighted by Crippen LogP contribution is 2.43. The fourth-order valence-electron chi connectivity index (χ4n) is 3.25. The number of hydrogen-bond acceptors (Lipinski definition) is 4. The summed E-state index contributed by atoms with van der Waals surface area (Å²) in [4.78, 5) is 2.00. The largest absolute Gasteiger partial charge is 0.442 e. The van der Waals surface area contributed by atoms with Gasteiger partial charge in [0.25, 0.3) is 0 Å².